The molecule has 0 N–H and O–H groups in total. The third-order valence-electron chi connectivity index (χ3n) is 3.04. The highest BCUT2D eigenvalue weighted by Crippen LogP contribution is 2.34. The lowest BCUT2D eigenvalue weighted by Gasteiger charge is -2.29. The number of carbonyl (C=O) groups excluding carboxylic acids is 2. The van der Waals surface area contributed by atoms with E-state index in [4.69, 9.17) is 4.74 Å². The molecule has 0 aromatic rings. The number of rotatable bonds is 3. The first-order chi connectivity index (χ1) is 7.45. The van der Waals surface area contributed by atoms with Crippen molar-refractivity contribution in [2.45, 2.75) is 33.6 Å². The molecule has 16 heavy (non-hydrogen) atoms. The molecule has 1 aliphatic rings. The van der Waals surface area contributed by atoms with Crippen molar-refractivity contribution in [2.24, 2.45) is 17.8 Å². The van der Waals surface area contributed by atoms with Crippen LogP contribution in [0.15, 0.2) is 11.6 Å². The fourth-order valence-electron chi connectivity index (χ4n) is 2.48. The van der Waals surface area contributed by atoms with Gasteiger partial charge >= 0.3 is 5.97 Å². The highest BCUT2D eigenvalue weighted by Gasteiger charge is 2.35. The van der Waals surface area contributed by atoms with Crippen LogP contribution in [-0.2, 0) is 14.3 Å². The van der Waals surface area contributed by atoms with Crippen LogP contribution >= 0.6 is 0 Å². The summed E-state index contributed by atoms with van der Waals surface area (Å²) in [6.45, 7) is 6.05. The van der Waals surface area contributed by atoms with Gasteiger partial charge in [0.1, 0.15) is 0 Å². The van der Waals surface area contributed by atoms with E-state index >= 15 is 0 Å². The Hall–Kier alpha value is -1.12. The van der Waals surface area contributed by atoms with E-state index in [9.17, 15) is 9.59 Å². The molecule has 0 aliphatic heterocycles. The molecule has 0 amide bonds. The highest BCUT2D eigenvalue weighted by molar-refractivity contribution is 5.94. The molecule has 0 fully saturated rings. The summed E-state index contributed by atoms with van der Waals surface area (Å²) in [5.74, 6) is 0.265. The molecule has 90 valence electrons. The van der Waals surface area contributed by atoms with E-state index in [1.54, 1.807) is 6.08 Å². The maximum absolute atomic E-state index is 11.7. The second-order valence-electron chi connectivity index (χ2n) is 4.95. The second kappa shape index (κ2) is 5.28. The maximum atomic E-state index is 11.7. The van der Waals surface area contributed by atoms with Crippen molar-refractivity contribution < 1.29 is 14.3 Å². The SMILES string of the molecule is COC(=O)[C@H]1C(C)=CC(=O)C[C@@H]1CC(C)C. The molecule has 1 aliphatic carbocycles. The maximum Gasteiger partial charge on any atom is 0.313 e. The number of ketones is 1. The molecule has 0 heterocycles. The van der Waals surface area contributed by atoms with Crippen LogP contribution in [0, 0.1) is 17.8 Å². The van der Waals surface area contributed by atoms with Crippen LogP contribution in [0.25, 0.3) is 0 Å². The minimum Gasteiger partial charge on any atom is -0.469 e. The molecule has 0 radical (unpaired) electrons. The molecule has 0 unspecified atom stereocenters. The highest BCUT2D eigenvalue weighted by atomic mass is 16.5. The molecular formula is C13H20O3. The zero-order valence-corrected chi connectivity index (χ0v) is 10.4. The Morgan fingerprint density at radius 1 is 1.56 bits per heavy atom. The van der Waals surface area contributed by atoms with Gasteiger partial charge in [0.25, 0.3) is 0 Å². The van der Waals surface area contributed by atoms with Gasteiger partial charge in [0.15, 0.2) is 5.78 Å². The van der Waals surface area contributed by atoms with Crippen LogP contribution in [0.3, 0.4) is 0 Å². The van der Waals surface area contributed by atoms with Crippen molar-refractivity contribution >= 4 is 11.8 Å². The van der Waals surface area contributed by atoms with Crippen LogP contribution in [0.2, 0.25) is 0 Å². The molecule has 0 aromatic carbocycles. The summed E-state index contributed by atoms with van der Waals surface area (Å²) in [6, 6.07) is 0. The molecule has 2 atom stereocenters. The van der Waals surface area contributed by atoms with Crippen LogP contribution in [0.1, 0.15) is 33.6 Å². The van der Waals surface area contributed by atoms with E-state index in [0.717, 1.165) is 12.0 Å². The third-order valence-corrected chi connectivity index (χ3v) is 3.04. The summed E-state index contributed by atoms with van der Waals surface area (Å²) in [5, 5.41) is 0. The van der Waals surface area contributed by atoms with Crippen molar-refractivity contribution in [3.63, 3.8) is 0 Å². The molecule has 0 saturated heterocycles. The van der Waals surface area contributed by atoms with Gasteiger partial charge in [-0.1, -0.05) is 19.4 Å². The number of esters is 1. The van der Waals surface area contributed by atoms with Gasteiger partial charge in [0, 0.05) is 6.42 Å². The molecule has 0 bridgehead atoms. The minimum absolute atomic E-state index is 0.102. The van der Waals surface area contributed by atoms with Gasteiger partial charge in [-0.2, -0.15) is 0 Å². The molecule has 3 nitrogen and oxygen atoms in total. The van der Waals surface area contributed by atoms with Crippen LogP contribution in [0.4, 0.5) is 0 Å². The third kappa shape index (κ3) is 2.94. The van der Waals surface area contributed by atoms with E-state index < -0.39 is 0 Å². The van der Waals surface area contributed by atoms with E-state index in [0.29, 0.717) is 12.3 Å². The van der Waals surface area contributed by atoms with Gasteiger partial charge in [0.05, 0.1) is 13.0 Å². The Bertz CT molecular complexity index is 315. The summed E-state index contributed by atoms with van der Waals surface area (Å²) in [4.78, 5) is 23.2. The van der Waals surface area contributed by atoms with Crippen molar-refractivity contribution in [3.05, 3.63) is 11.6 Å². The van der Waals surface area contributed by atoms with Crippen LogP contribution < -0.4 is 0 Å². The lowest BCUT2D eigenvalue weighted by atomic mass is 9.75. The summed E-state index contributed by atoms with van der Waals surface area (Å²) in [7, 11) is 1.40. The average molecular weight is 224 g/mol. The van der Waals surface area contributed by atoms with Gasteiger partial charge in [0.2, 0.25) is 0 Å². The van der Waals surface area contributed by atoms with E-state index in [2.05, 4.69) is 13.8 Å². The van der Waals surface area contributed by atoms with Crippen molar-refractivity contribution in [3.8, 4) is 0 Å². The van der Waals surface area contributed by atoms with Gasteiger partial charge < -0.3 is 4.74 Å². The van der Waals surface area contributed by atoms with E-state index in [1.165, 1.54) is 7.11 Å². The van der Waals surface area contributed by atoms with E-state index in [-0.39, 0.29) is 23.6 Å². The monoisotopic (exact) mass is 224 g/mol. The van der Waals surface area contributed by atoms with Gasteiger partial charge in [-0.25, -0.2) is 0 Å². The topological polar surface area (TPSA) is 43.4 Å². The van der Waals surface area contributed by atoms with Gasteiger partial charge in [-0.3, -0.25) is 9.59 Å². The van der Waals surface area contributed by atoms with Crippen molar-refractivity contribution in [1.82, 2.24) is 0 Å². The first-order valence-corrected chi connectivity index (χ1v) is 5.74. The zero-order chi connectivity index (χ0) is 12.3. The molecule has 0 saturated carbocycles. The number of allylic oxidation sites excluding steroid dienone is 1. The normalized spacial score (nSPS) is 25.6. The van der Waals surface area contributed by atoms with Crippen LogP contribution in [-0.4, -0.2) is 18.9 Å². The Labute approximate surface area is 96.9 Å². The van der Waals surface area contributed by atoms with Crippen molar-refractivity contribution in [2.75, 3.05) is 7.11 Å². The zero-order valence-electron chi connectivity index (χ0n) is 10.4. The lowest BCUT2D eigenvalue weighted by molar-refractivity contribution is -0.146. The number of carbonyl (C=O) groups is 2. The molecular weight excluding hydrogens is 204 g/mol. The van der Waals surface area contributed by atoms with Crippen LogP contribution in [0.5, 0.6) is 0 Å². The summed E-state index contributed by atoms with van der Waals surface area (Å²) < 4.78 is 4.82. The van der Waals surface area contributed by atoms with E-state index in [1.807, 2.05) is 6.92 Å². The largest absolute Gasteiger partial charge is 0.469 e. The predicted octanol–water partition coefficient (Wildman–Crippen LogP) is 2.36. The first-order valence-electron chi connectivity index (χ1n) is 5.74. The second-order valence-corrected chi connectivity index (χ2v) is 4.95. The standard InChI is InChI=1S/C13H20O3/c1-8(2)5-10-7-11(14)6-9(3)12(10)13(15)16-4/h6,8,10,12H,5,7H2,1-4H3/t10-,12-/m0/s1. The van der Waals surface area contributed by atoms with Gasteiger partial charge in [-0.15, -0.1) is 0 Å². The average Bonchev–Trinajstić information content (AvgIpc) is 2.14. The van der Waals surface area contributed by atoms with Gasteiger partial charge in [-0.05, 0) is 31.3 Å². The number of ether oxygens (including phenoxy) is 1. The minimum atomic E-state index is -0.231. The Kier molecular flexibility index (Phi) is 4.27. The predicted molar refractivity (Wildman–Crippen MR) is 61.8 cm³/mol. The Morgan fingerprint density at radius 3 is 2.69 bits per heavy atom. The number of methoxy groups -OCH3 is 1. The fraction of sp³-hybridized carbons (Fsp3) is 0.692. The molecule has 1 rings (SSSR count). The fourth-order valence-corrected chi connectivity index (χ4v) is 2.48. The quantitative estimate of drug-likeness (QED) is 0.691. The Balaban J connectivity index is 2.91. The molecule has 0 spiro atoms. The smallest absolute Gasteiger partial charge is 0.313 e. The summed E-state index contributed by atoms with van der Waals surface area (Å²) in [5.41, 5.74) is 0.841. The lowest BCUT2D eigenvalue weighted by Crippen LogP contribution is -2.32. The van der Waals surface area contributed by atoms with Crippen molar-refractivity contribution in [1.29, 1.82) is 0 Å². The summed E-state index contributed by atoms with van der Waals surface area (Å²) >= 11 is 0. The molecule has 3 heteroatoms. The Morgan fingerprint density at radius 2 is 2.19 bits per heavy atom. The first kappa shape index (κ1) is 12.9. The molecule has 0 aromatic heterocycles. The summed E-state index contributed by atoms with van der Waals surface area (Å²) in [6.07, 6.45) is 2.93. The number of hydrogen-bond donors (Lipinski definition) is 0. The number of hydrogen-bond acceptors (Lipinski definition) is 3.